The van der Waals surface area contributed by atoms with Gasteiger partial charge >= 0.3 is 12.0 Å². The van der Waals surface area contributed by atoms with E-state index in [-0.39, 0.29) is 18.2 Å². The Hall–Kier alpha value is -3.26. The van der Waals surface area contributed by atoms with Crippen LogP contribution in [-0.2, 0) is 16.1 Å². The molecule has 3 rings (SSSR count). The summed E-state index contributed by atoms with van der Waals surface area (Å²) in [7, 11) is 1.45. The average molecular weight is 461 g/mol. The number of carbonyl (C=O) groups excluding carboxylic acids is 3. The van der Waals surface area contributed by atoms with Crippen LogP contribution in [0.3, 0.4) is 0 Å². The van der Waals surface area contributed by atoms with E-state index in [9.17, 15) is 14.4 Å². The smallest absolute Gasteiger partial charge is 0.338 e. The predicted octanol–water partition coefficient (Wildman–Crippen LogP) is 3.85. The van der Waals surface area contributed by atoms with Gasteiger partial charge in [0.25, 0.3) is 5.91 Å². The van der Waals surface area contributed by atoms with Crippen molar-refractivity contribution >= 4 is 29.5 Å². The van der Waals surface area contributed by atoms with E-state index in [2.05, 4.69) is 10.6 Å². The summed E-state index contributed by atoms with van der Waals surface area (Å²) in [6, 6.07) is 11.3. The molecule has 0 radical (unpaired) electrons. The number of carbonyl (C=O) groups is 3. The van der Waals surface area contributed by atoms with E-state index in [1.165, 1.54) is 19.2 Å². The van der Waals surface area contributed by atoms with Crippen molar-refractivity contribution in [3.05, 3.63) is 58.6 Å². The maximum atomic E-state index is 12.3. The van der Waals surface area contributed by atoms with Crippen LogP contribution in [0.2, 0.25) is 5.02 Å². The van der Waals surface area contributed by atoms with E-state index in [1.807, 2.05) is 18.2 Å². The largest absolute Gasteiger partial charge is 0.493 e. The molecule has 2 N–H and O–H groups in total. The summed E-state index contributed by atoms with van der Waals surface area (Å²) in [5.74, 6) is -0.690. The number of rotatable bonds is 8. The third kappa shape index (κ3) is 6.62. The standard InChI is InChI=1S/C23H25ClN2O6/c1-30-20-12-15(10-11-19(20)31-13-16-6-2-5-9-18(16)24)22(28)32-14-21(27)26-23(29)25-17-7-3-4-8-17/h2,5-6,9-12,17H,3-4,7-8,13-14H2,1H3,(H2,25,26,27,29). The van der Waals surface area contributed by atoms with Crippen molar-refractivity contribution in [2.75, 3.05) is 13.7 Å². The van der Waals surface area contributed by atoms with Crippen molar-refractivity contribution < 1.29 is 28.6 Å². The van der Waals surface area contributed by atoms with Gasteiger partial charge in [-0.05, 0) is 37.1 Å². The summed E-state index contributed by atoms with van der Waals surface area (Å²) < 4.78 is 16.1. The van der Waals surface area contributed by atoms with Gasteiger partial charge in [0.15, 0.2) is 18.1 Å². The highest BCUT2D eigenvalue weighted by molar-refractivity contribution is 6.31. The van der Waals surface area contributed by atoms with E-state index >= 15 is 0 Å². The molecule has 1 aliphatic carbocycles. The molecule has 0 atom stereocenters. The fourth-order valence-corrected chi connectivity index (χ4v) is 3.54. The molecular formula is C23H25ClN2O6. The summed E-state index contributed by atoms with van der Waals surface area (Å²) in [5, 5.41) is 5.47. The predicted molar refractivity (Wildman–Crippen MR) is 118 cm³/mol. The van der Waals surface area contributed by atoms with Gasteiger partial charge in [-0.1, -0.05) is 42.6 Å². The summed E-state index contributed by atoms with van der Waals surface area (Å²) in [6.45, 7) is -0.354. The van der Waals surface area contributed by atoms with Crippen molar-refractivity contribution in [3.8, 4) is 11.5 Å². The van der Waals surface area contributed by atoms with E-state index in [1.54, 1.807) is 12.1 Å². The molecule has 2 aromatic rings. The fraction of sp³-hybridized carbons (Fsp3) is 0.348. The monoisotopic (exact) mass is 460 g/mol. The first kappa shape index (κ1) is 23.4. The summed E-state index contributed by atoms with van der Waals surface area (Å²) >= 11 is 6.13. The SMILES string of the molecule is COc1cc(C(=O)OCC(=O)NC(=O)NC2CCCC2)ccc1OCc1ccccc1Cl. The summed E-state index contributed by atoms with van der Waals surface area (Å²) in [5.41, 5.74) is 0.984. The molecule has 9 heteroatoms. The minimum Gasteiger partial charge on any atom is -0.493 e. The number of halogens is 1. The Labute approximate surface area is 191 Å². The van der Waals surface area contributed by atoms with Gasteiger partial charge in [0.1, 0.15) is 6.61 Å². The van der Waals surface area contributed by atoms with Crippen molar-refractivity contribution in [3.63, 3.8) is 0 Å². The lowest BCUT2D eigenvalue weighted by atomic mass is 10.2. The van der Waals surface area contributed by atoms with Crippen LogP contribution in [-0.4, -0.2) is 37.7 Å². The Kier molecular flexibility index (Phi) is 8.33. The highest BCUT2D eigenvalue weighted by atomic mass is 35.5. The van der Waals surface area contributed by atoms with Gasteiger partial charge < -0.3 is 19.5 Å². The van der Waals surface area contributed by atoms with E-state index in [4.69, 9.17) is 25.8 Å². The van der Waals surface area contributed by atoms with Crippen LogP contribution < -0.4 is 20.1 Å². The highest BCUT2D eigenvalue weighted by Gasteiger charge is 2.19. The van der Waals surface area contributed by atoms with Gasteiger partial charge in [0.05, 0.1) is 12.7 Å². The first-order valence-electron chi connectivity index (χ1n) is 10.3. The Balaban J connectivity index is 1.50. The van der Waals surface area contributed by atoms with Gasteiger partial charge in [-0.2, -0.15) is 0 Å². The zero-order valence-corrected chi connectivity index (χ0v) is 18.4. The number of amides is 3. The molecule has 0 aromatic heterocycles. The van der Waals surface area contributed by atoms with E-state index in [0.717, 1.165) is 31.2 Å². The molecule has 0 unspecified atom stereocenters. The quantitative estimate of drug-likeness (QED) is 0.580. The lowest BCUT2D eigenvalue weighted by molar-refractivity contribution is -0.123. The molecule has 1 aliphatic rings. The molecule has 32 heavy (non-hydrogen) atoms. The molecule has 8 nitrogen and oxygen atoms in total. The number of hydrogen-bond acceptors (Lipinski definition) is 6. The number of benzene rings is 2. The molecule has 0 spiro atoms. The number of ether oxygens (including phenoxy) is 3. The Morgan fingerprint density at radius 3 is 2.53 bits per heavy atom. The molecule has 3 amide bonds. The third-order valence-electron chi connectivity index (χ3n) is 5.02. The van der Waals surface area contributed by atoms with Crippen LogP contribution >= 0.6 is 11.6 Å². The Morgan fingerprint density at radius 2 is 1.81 bits per heavy atom. The maximum Gasteiger partial charge on any atom is 0.338 e. The van der Waals surface area contributed by atoms with Gasteiger partial charge in [0, 0.05) is 16.6 Å². The lowest BCUT2D eigenvalue weighted by Gasteiger charge is -2.13. The molecule has 170 valence electrons. The van der Waals surface area contributed by atoms with Crippen LogP contribution in [0.1, 0.15) is 41.6 Å². The topological polar surface area (TPSA) is 103 Å². The number of esters is 1. The normalized spacial score (nSPS) is 13.3. The van der Waals surface area contributed by atoms with Gasteiger partial charge in [0.2, 0.25) is 0 Å². The lowest BCUT2D eigenvalue weighted by Crippen LogP contribution is -2.44. The second-order valence-electron chi connectivity index (χ2n) is 7.32. The molecule has 2 aromatic carbocycles. The Morgan fingerprint density at radius 1 is 1.06 bits per heavy atom. The van der Waals surface area contributed by atoms with Crippen LogP contribution in [0.5, 0.6) is 11.5 Å². The number of imide groups is 1. The Bertz CT molecular complexity index is 975. The summed E-state index contributed by atoms with van der Waals surface area (Å²) in [6.07, 6.45) is 3.92. The van der Waals surface area contributed by atoms with Crippen molar-refractivity contribution in [2.24, 2.45) is 0 Å². The highest BCUT2D eigenvalue weighted by Crippen LogP contribution is 2.30. The second kappa shape index (κ2) is 11.4. The minimum absolute atomic E-state index is 0.0801. The number of urea groups is 1. The van der Waals surface area contributed by atoms with Crippen molar-refractivity contribution in [1.29, 1.82) is 0 Å². The molecule has 1 saturated carbocycles. The van der Waals surface area contributed by atoms with Crippen LogP contribution in [0, 0.1) is 0 Å². The average Bonchev–Trinajstić information content (AvgIpc) is 3.29. The molecule has 0 heterocycles. The first-order chi connectivity index (χ1) is 15.5. The first-order valence-corrected chi connectivity index (χ1v) is 10.7. The number of hydrogen-bond donors (Lipinski definition) is 2. The molecule has 0 saturated heterocycles. The molecule has 0 aliphatic heterocycles. The van der Waals surface area contributed by atoms with Crippen LogP contribution in [0.25, 0.3) is 0 Å². The van der Waals surface area contributed by atoms with Gasteiger partial charge in [-0.3, -0.25) is 10.1 Å². The zero-order valence-electron chi connectivity index (χ0n) is 17.7. The van der Waals surface area contributed by atoms with Crippen molar-refractivity contribution in [2.45, 2.75) is 38.3 Å². The molecule has 0 bridgehead atoms. The zero-order chi connectivity index (χ0) is 22.9. The van der Waals surface area contributed by atoms with Crippen LogP contribution in [0.4, 0.5) is 4.79 Å². The summed E-state index contributed by atoms with van der Waals surface area (Å²) in [4.78, 5) is 36.0. The molecule has 1 fully saturated rings. The maximum absolute atomic E-state index is 12.3. The molecular weight excluding hydrogens is 436 g/mol. The van der Waals surface area contributed by atoms with Gasteiger partial charge in [-0.25, -0.2) is 9.59 Å². The number of nitrogens with one attached hydrogen (secondary N) is 2. The number of methoxy groups -OCH3 is 1. The van der Waals surface area contributed by atoms with E-state index in [0.29, 0.717) is 16.5 Å². The fourth-order valence-electron chi connectivity index (χ4n) is 3.35. The third-order valence-corrected chi connectivity index (χ3v) is 5.39. The second-order valence-corrected chi connectivity index (χ2v) is 7.73. The van der Waals surface area contributed by atoms with Crippen LogP contribution in [0.15, 0.2) is 42.5 Å². The van der Waals surface area contributed by atoms with Crippen molar-refractivity contribution in [1.82, 2.24) is 10.6 Å². The minimum atomic E-state index is -0.729. The van der Waals surface area contributed by atoms with E-state index < -0.39 is 24.5 Å². The van der Waals surface area contributed by atoms with Gasteiger partial charge in [-0.15, -0.1) is 0 Å².